The van der Waals surface area contributed by atoms with E-state index in [4.69, 9.17) is 11.5 Å². The number of rotatable bonds is 2. The molecule has 0 aliphatic heterocycles. The molecule has 86 valence electrons. The smallest absolute Gasteiger partial charge is 0.197 e. The second-order valence-corrected chi connectivity index (χ2v) is 3.84. The molecule has 0 amide bonds. The van der Waals surface area contributed by atoms with Crippen LogP contribution in [0.25, 0.3) is 0 Å². The molecule has 4 nitrogen and oxygen atoms in total. The van der Waals surface area contributed by atoms with E-state index < -0.39 is 0 Å². The molecule has 2 aromatic rings. The number of hydrogen-bond donors (Lipinski definition) is 2. The Morgan fingerprint density at radius 3 is 2.65 bits per heavy atom. The van der Waals surface area contributed by atoms with Crippen molar-refractivity contribution in [3.63, 3.8) is 0 Å². The van der Waals surface area contributed by atoms with Crippen LogP contribution in [0.4, 0.5) is 11.5 Å². The highest BCUT2D eigenvalue weighted by atomic mass is 16.1. The minimum atomic E-state index is -0.152. The fourth-order valence-electron chi connectivity index (χ4n) is 1.70. The number of aryl methyl sites for hydroxylation is 1. The van der Waals surface area contributed by atoms with Crippen LogP contribution >= 0.6 is 0 Å². The van der Waals surface area contributed by atoms with Gasteiger partial charge in [0.25, 0.3) is 0 Å². The lowest BCUT2D eigenvalue weighted by atomic mass is 10.00. The Hall–Kier alpha value is -2.36. The van der Waals surface area contributed by atoms with E-state index in [1.807, 2.05) is 6.92 Å². The molecule has 17 heavy (non-hydrogen) atoms. The Labute approximate surface area is 99.3 Å². The van der Waals surface area contributed by atoms with Crippen LogP contribution in [0.3, 0.4) is 0 Å². The summed E-state index contributed by atoms with van der Waals surface area (Å²) in [6, 6.07) is 8.58. The Kier molecular flexibility index (Phi) is 2.78. The fraction of sp³-hybridized carbons (Fsp3) is 0.0769. The van der Waals surface area contributed by atoms with Crippen LogP contribution in [0.1, 0.15) is 21.5 Å². The van der Waals surface area contributed by atoms with Crippen molar-refractivity contribution in [1.82, 2.24) is 4.98 Å². The van der Waals surface area contributed by atoms with Gasteiger partial charge in [-0.3, -0.25) is 4.79 Å². The quantitative estimate of drug-likeness (QED) is 0.605. The summed E-state index contributed by atoms with van der Waals surface area (Å²) in [7, 11) is 0. The van der Waals surface area contributed by atoms with Gasteiger partial charge in [0.15, 0.2) is 5.78 Å². The monoisotopic (exact) mass is 227 g/mol. The van der Waals surface area contributed by atoms with Crippen molar-refractivity contribution in [3.05, 3.63) is 53.2 Å². The van der Waals surface area contributed by atoms with Crippen molar-refractivity contribution in [2.24, 2.45) is 0 Å². The molecule has 0 aliphatic carbocycles. The lowest BCUT2D eigenvalue weighted by Crippen LogP contribution is -2.09. The molecule has 0 radical (unpaired) electrons. The molecule has 0 saturated heterocycles. The first-order valence-corrected chi connectivity index (χ1v) is 5.21. The maximum atomic E-state index is 12.3. The van der Waals surface area contributed by atoms with Crippen LogP contribution in [-0.4, -0.2) is 10.8 Å². The summed E-state index contributed by atoms with van der Waals surface area (Å²) in [5.74, 6) is 0.0952. The fourth-order valence-corrected chi connectivity index (χ4v) is 1.70. The van der Waals surface area contributed by atoms with Gasteiger partial charge < -0.3 is 11.5 Å². The third kappa shape index (κ3) is 2.10. The molecule has 1 aromatic heterocycles. The summed E-state index contributed by atoms with van der Waals surface area (Å²) >= 11 is 0. The highest BCUT2D eigenvalue weighted by Gasteiger charge is 2.15. The molecule has 0 unspecified atom stereocenters. The van der Waals surface area contributed by atoms with Gasteiger partial charge >= 0.3 is 0 Å². The first-order valence-electron chi connectivity index (χ1n) is 5.21. The van der Waals surface area contributed by atoms with Gasteiger partial charge in [-0.15, -0.1) is 0 Å². The van der Waals surface area contributed by atoms with E-state index in [0.29, 0.717) is 16.8 Å². The Morgan fingerprint density at radius 2 is 2.00 bits per heavy atom. The molecule has 0 fully saturated rings. The number of nitrogens with two attached hydrogens (primary N) is 2. The second-order valence-electron chi connectivity index (χ2n) is 3.84. The van der Waals surface area contributed by atoms with Gasteiger partial charge in [-0.1, -0.05) is 12.1 Å². The van der Waals surface area contributed by atoms with Crippen molar-refractivity contribution >= 4 is 17.3 Å². The minimum Gasteiger partial charge on any atom is -0.399 e. The van der Waals surface area contributed by atoms with Crippen LogP contribution < -0.4 is 11.5 Å². The van der Waals surface area contributed by atoms with Gasteiger partial charge in [-0.25, -0.2) is 4.98 Å². The topological polar surface area (TPSA) is 82.0 Å². The number of hydrogen-bond acceptors (Lipinski definition) is 4. The lowest BCUT2D eigenvalue weighted by molar-refractivity contribution is 0.103. The molecule has 4 heteroatoms. The summed E-state index contributed by atoms with van der Waals surface area (Å²) in [4.78, 5) is 16.2. The van der Waals surface area contributed by atoms with E-state index in [0.717, 1.165) is 5.56 Å². The predicted octanol–water partition coefficient (Wildman–Crippen LogP) is 1.79. The summed E-state index contributed by atoms with van der Waals surface area (Å²) in [6.07, 6.45) is 1.58. The first kappa shape index (κ1) is 11.1. The number of nitrogens with zero attached hydrogens (tertiary/aromatic N) is 1. The number of carbonyl (C=O) groups excluding carboxylic acids is 1. The van der Waals surface area contributed by atoms with E-state index in [1.165, 1.54) is 0 Å². The predicted molar refractivity (Wildman–Crippen MR) is 67.7 cm³/mol. The molecule has 4 N–H and O–H groups in total. The van der Waals surface area contributed by atoms with Gasteiger partial charge in [-0.05, 0) is 30.7 Å². The molecule has 0 saturated carbocycles. The normalized spacial score (nSPS) is 10.2. The summed E-state index contributed by atoms with van der Waals surface area (Å²) < 4.78 is 0. The summed E-state index contributed by atoms with van der Waals surface area (Å²) in [6.45, 7) is 1.83. The molecule has 0 atom stereocenters. The number of aromatic nitrogens is 1. The van der Waals surface area contributed by atoms with E-state index in [9.17, 15) is 4.79 Å². The Morgan fingerprint density at radius 1 is 1.24 bits per heavy atom. The minimum absolute atomic E-state index is 0.152. The third-order valence-corrected chi connectivity index (χ3v) is 2.56. The Bertz CT molecular complexity index is 558. The van der Waals surface area contributed by atoms with E-state index in [1.54, 1.807) is 36.5 Å². The maximum Gasteiger partial charge on any atom is 0.197 e. The molecule has 0 spiro atoms. The zero-order valence-corrected chi connectivity index (χ0v) is 9.47. The second kappa shape index (κ2) is 4.25. The number of ketones is 1. The molecule has 1 aromatic carbocycles. The highest BCUT2D eigenvalue weighted by molar-refractivity contribution is 6.12. The number of pyridine rings is 1. The maximum absolute atomic E-state index is 12.3. The number of anilines is 2. The van der Waals surface area contributed by atoms with Gasteiger partial charge in [-0.2, -0.15) is 0 Å². The van der Waals surface area contributed by atoms with Gasteiger partial charge in [0.05, 0.1) is 5.56 Å². The van der Waals surface area contributed by atoms with Crippen LogP contribution in [0, 0.1) is 6.92 Å². The van der Waals surface area contributed by atoms with E-state index in [2.05, 4.69) is 4.98 Å². The number of benzene rings is 1. The van der Waals surface area contributed by atoms with Crippen LogP contribution in [0.2, 0.25) is 0 Å². The standard InChI is InChI=1S/C13H13N3O/c1-8-5-6-16-13(15)11(8)12(17)9-3-2-4-10(14)7-9/h2-7H,14H2,1H3,(H2,15,16). The van der Waals surface area contributed by atoms with Gasteiger partial charge in [0, 0.05) is 17.4 Å². The zero-order chi connectivity index (χ0) is 12.4. The Balaban J connectivity index is 2.51. The average Bonchev–Trinajstić information content (AvgIpc) is 2.28. The van der Waals surface area contributed by atoms with Gasteiger partial charge in [0.1, 0.15) is 5.82 Å². The molecule has 0 aliphatic rings. The van der Waals surface area contributed by atoms with E-state index >= 15 is 0 Å². The van der Waals surface area contributed by atoms with Crippen molar-refractivity contribution < 1.29 is 4.79 Å². The zero-order valence-electron chi connectivity index (χ0n) is 9.47. The van der Waals surface area contributed by atoms with Crippen LogP contribution in [0.5, 0.6) is 0 Å². The van der Waals surface area contributed by atoms with Crippen LogP contribution in [0.15, 0.2) is 36.5 Å². The largest absolute Gasteiger partial charge is 0.399 e. The number of nitrogen functional groups attached to an aromatic ring is 2. The molecular weight excluding hydrogens is 214 g/mol. The SMILES string of the molecule is Cc1ccnc(N)c1C(=O)c1cccc(N)c1. The third-order valence-electron chi connectivity index (χ3n) is 2.56. The molecular formula is C13H13N3O. The van der Waals surface area contributed by atoms with Crippen LogP contribution in [-0.2, 0) is 0 Å². The lowest BCUT2D eigenvalue weighted by Gasteiger charge is -2.07. The van der Waals surface area contributed by atoms with Crippen molar-refractivity contribution in [2.75, 3.05) is 11.5 Å². The first-order chi connectivity index (χ1) is 8.09. The average molecular weight is 227 g/mol. The molecule has 1 heterocycles. The highest BCUT2D eigenvalue weighted by Crippen LogP contribution is 2.19. The summed E-state index contributed by atoms with van der Waals surface area (Å²) in [5.41, 5.74) is 13.7. The summed E-state index contributed by atoms with van der Waals surface area (Å²) in [5, 5.41) is 0. The van der Waals surface area contributed by atoms with Crippen molar-refractivity contribution in [3.8, 4) is 0 Å². The van der Waals surface area contributed by atoms with Crippen molar-refractivity contribution in [1.29, 1.82) is 0 Å². The molecule has 2 rings (SSSR count). The molecule has 0 bridgehead atoms. The van der Waals surface area contributed by atoms with Crippen molar-refractivity contribution in [2.45, 2.75) is 6.92 Å². The van der Waals surface area contributed by atoms with E-state index in [-0.39, 0.29) is 11.6 Å². The number of carbonyl (C=O) groups is 1. The van der Waals surface area contributed by atoms with Gasteiger partial charge in [0.2, 0.25) is 0 Å².